The number of esters is 1. The molecule has 0 fully saturated rings. The molecule has 0 aromatic carbocycles. The average molecular weight is 566 g/mol. The number of hydrogen-bond donors (Lipinski definition) is 4. The summed E-state index contributed by atoms with van der Waals surface area (Å²) in [6, 6.07) is 0.543. The van der Waals surface area contributed by atoms with Crippen LogP contribution < -0.4 is 5.32 Å². The van der Waals surface area contributed by atoms with Crippen LogP contribution in [-0.2, 0) is 42.5 Å². The van der Waals surface area contributed by atoms with Crippen molar-refractivity contribution in [3.63, 3.8) is 0 Å². The molecule has 0 aliphatic heterocycles. The van der Waals surface area contributed by atoms with Crippen molar-refractivity contribution in [3.8, 4) is 0 Å². The van der Waals surface area contributed by atoms with E-state index in [2.05, 4.69) is 5.32 Å². The van der Waals surface area contributed by atoms with Gasteiger partial charge in [-0.25, -0.2) is 0 Å². The van der Waals surface area contributed by atoms with E-state index in [4.69, 9.17) is 27.3 Å². The quantitative estimate of drug-likeness (QED) is 0.0628. The largest absolute Gasteiger partial charge is 0.500 e. The summed E-state index contributed by atoms with van der Waals surface area (Å²) in [6.45, 7) is 2.17. The summed E-state index contributed by atoms with van der Waals surface area (Å²) in [7, 11) is -2.35. The highest BCUT2D eigenvalue weighted by Crippen LogP contribution is 2.26. The molecule has 208 valence electrons. The van der Waals surface area contributed by atoms with Gasteiger partial charge in [0.15, 0.2) is 0 Å². The predicted molar refractivity (Wildman–Crippen MR) is 131 cm³/mol. The molecule has 0 aliphatic carbocycles. The van der Waals surface area contributed by atoms with E-state index < -0.39 is 59.9 Å². The molecule has 4 N–H and O–H groups in total. The Morgan fingerprint density at radius 1 is 1.14 bits per heavy atom. The van der Waals surface area contributed by atoms with Gasteiger partial charge in [0.2, 0.25) is 5.91 Å². The molecule has 0 aromatic heterocycles. The maximum absolute atomic E-state index is 12.3. The van der Waals surface area contributed by atoms with E-state index in [9.17, 15) is 28.2 Å². The van der Waals surface area contributed by atoms with Gasteiger partial charge in [0, 0.05) is 46.3 Å². The molecule has 3 atom stereocenters. The fourth-order valence-corrected chi connectivity index (χ4v) is 5.67. The van der Waals surface area contributed by atoms with Crippen LogP contribution in [-0.4, -0.2) is 121 Å². The van der Waals surface area contributed by atoms with E-state index >= 15 is 0 Å². The van der Waals surface area contributed by atoms with Crippen molar-refractivity contribution in [2.24, 2.45) is 5.41 Å². The number of aliphatic hydroxyl groups excluding tert-OH is 2. The summed E-state index contributed by atoms with van der Waals surface area (Å²) in [5.74, 6) is -1.85. The van der Waals surface area contributed by atoms with Crippen LogP contribution in [0.15, 0.2) is 0 Å². The van der Waals surface area contributed by atoms with Gasteiger partial charge in [-0.05, 0) is 20.3 Å². The highest BCUT2D eigenvalue weighted by Gasteiger charge is 2.37. The standard InChI is InChI=1S/C19H39NO12S2Si/c1-15(33-14-19(2,13-21)18(24)20-7-9-34(25,26)27)17(23)32-12-16(22)11-31-8-6-10-35(28-3,29-4)30-5/h15-16,21-22H,6-14H2,1-5H3,(H,20,24)(H,25,26,27). The van der Waals surface area contributed by atoms with Gasteiger partial charge in [-0.2, -0.15) is 8.42 Å². The molecule has 0 rings (SSSR count). The highest BCUT2D eigenvalue weighted by molar-refractivity contribution is 8.00. The van der Waals surface area contributed by atoms with Crippen molar-refractivity contribution < 1.29 is 55.5 Å². The minimum absolute atomic E-state index is 0.0391. The van der Waals surface area contributed by atoms with Gasteiger partial charge in [-0.15, -0.1) is 11.8 Å². The Hall–Kier alpha value is -0.823. The Balaban J connectivity index is 4.32. The molecule has 0 bridgehead atoms. The van der Waals surface area contributed by atoms with Crippen molar-refractivity contribution in [2.45, 2.75) is 37.7 Å². The molecule has 16 heteroatoms. The van der Waals surface area contributed by atoms with Crippen LogP contribution >= 0.6 is 11.8 Å². The number of carbonyl (C=O) groups is 2. The summed E-state index contributed by atoms with van der Waals surface area (Å²) in [5, 5.41) is 21.2. The van der Waals surface area contributed by atoms with E-state index in [1.165, 1.54) is 28.3 Å². The van der Waals surface area contributed by atoms with Crippen molar-refractivity contribution in [2.75, 3.05) is 65.8 Å². The Morgan fingerprint density at radius 3 is 2.26 bits per heavy atom. The monoisotopic (exact) mass is 565 g/mol. The first-order valence-electron chi connectivity index (χ1n) is 10.8. The summed E-state index contributed by atoms with van der Waals surface area (Å²) in [5.41, 5.74) is -1.29. The van der Waals surface area contributed by atoms with Crippen LogP contribution in [0, 0.1) is 5.41 Å². The molecule has 0 saturated heterocycles. The summed E-state index contributed by atoms with van der Waals surface area (Å²) >= 11 is 1.06. The fourth-order valence-electron chi connectivity index (χ4n) is 2.58. The Bertz CT molecular complexity index is 729. The highest BCUT2D eigenvalue weighted by atomic mass is 32.2. The zero-order valence-electron chi connectivity index (χ0n) is 20.9. The smallest absolute Gasteiger partial charge is 0.462 e. The van der Waals surface area contributed by atoms with E-state index in [-0.39, 0.29) is 25.5 Å². The number of thioether (sulfide) groups is 1. The average Bonchev–Trinajstić information content (AvgIpc) is 2.82. The lowest BCUT2D eigenvalue weighted by Crippen LogP contribution is -2.45. The predicted octanol–water partition coefficient (Wildman–Crippen LogP) is -0.700. The fraction of sp³-hybridized carbons (Fsp3) is 0.895. The molecule has 0 aliphatic rings. The van der Waals surface area contributed by atoms with E-state index in [0.29, 0.717) is 19.1 Å². The number of amides is 1. The molecule has 0 spiro atoms. The molecular weight excluding hydrogens is 526 g/mol. The molecule has 1 amide bonds. The third kappa shape index (κ3) is 13.9. The van der Waals surface area contributed by atoms with Crippen molar-refractivity contribution in [1.29, 1.82) is 0 Å². The second-order valence-corrected chi connectivity index (χ2v) is 14.0. The normalized spacial score (nSPS) is 15.8. The lowest BCUT2D eigenvalue weighted by atomic mass is 9.93. The lowest BCUT2D eigenvalue weighted by Gasteiger charge is -2.26. The van der Waals surface area contributed by atoms with Gasteiger partial charge >= 0.3 is 14.8 Å². The second kappa shape index (κ2) is 16.8. The van der Waals surface area contributed by atoms with E-state index in [0.717, 1.165) is 11.8 Å². The molecule has 35 heavy (non-hydrogen) atoms. The SMILES string of the molecule is CO[Si](CCCOCC(O)COC(=O)C(C)SCC(C)(CO)C(=O)NCCS(=O)(=O)O)(OC)OC. The Labute approximate surface area is 212 Å². The number of ether oxygens (including phenoxy) is 2. The topological polar surface area (TPSA) is 187 Å². The molecule has 0 aromatic rings. The van der Waals surface area contributed by atoms with Crippen molar-refractivity contribution in [3.05, 3.63) is 0 Å². The van der Waals surface area contributed by atoms with Gasteiger partial charge in [0.05, 0.1) is 29.6 Å². The van der Waals surface area contributed by atoms with Crippen LogP contribution in [0.3, 0.4) is 0 Å². The first-order valence-corrected chi connectivity index (χ1v) is 15.4. The maximum atomic E-state index is 12.3. The summed E-state index contributed by atoms with van der Waals surface area (Å²) in [4.78, 5) is 24.5. The molecule has 13 nitrogen and oxygen atoms in total. The molecule has 3 unspecified atom stereocenters. The van der Waals surface area contributed by atoms with E-state index in [1.54, 1.807) is 6.92 Å². The van der Waals surface area contributed by atoms with Gasteiger partial charge in [-0.1, -0.05) is 0 Å². The third-order valence-corrected chi connectivity index (χ3v) is 10.0. The molecule has 0 heterocycles. The van der Waals surface area contributed by atoms with Crippen molar-refractivity contribution in [1.82, 2.24) is 5.32 Å². The number of nitrogens with one attached hydrogen (secondary N) is 1. The Kier molecular flexibility index (Phi) is 16.4. The molecular formula is C19H39NO12S2Si. The van der Waals surface area contributed by atoms with Crippen molar-refractivity contribution >= 4 is 42.6 Å². The Morgan fingerprint density at radius 2 is 1.74 bits per heavy atom. The summed E-state index contributed by atoms with van der Waals surface area (Å²) < 4.78 is 56.6. The van der Waals surface area contributed by atoms with Crippen LogP contribution in [0.5, 0.6) is 0 Å². The first-order chi connectivity index (χ1) is 16.3. The lowest BCUT2D eigenvalue weighted by molar-refractivity contribution is -0.146. The minimum atomic E-state index is -4.23. The van der Waals surface area contributed by atoms with Gasteiger partial charge in [0.1, 0.15) is 12.7 Å². The van der Waals surface area contributed by atoms with Crippen LogP contribution in [0.1, 0.15) is 20.3 Å². The van der Waals surface area contributed by atoms with Gasteiger partial charge in [-0.3, -0.25) is 14.1 Å². The van der Waals surface area contributed by atoms with Crippen LogP contribution in [0.25, 0.3) is 0 Å². The number of rotatable bonds is 20. The zero-order valence-corrected chi connectivity index (χ0v) is 23.5. The van der Waals surface area contributed by atoms with Gasteiger partial charge < -0.3 is 38.3 Å². The molecule has 0 radical (unpaired) electrons. The minimum Gasteiger partial charge on any atom is -0.462 e. The third-order valence-electron chi connectivity index (χ3n) is 4.96. The molecule has 0 saturated carbocycles. The summed E-state index contributed by atoms with van der Waals surface area (Å²) in [6.07, 6.45) is -0.434. The second-order valence-electron chi connectivity index (χ2n) is 7.97. The van der Waals surface area contributed by atoms with E-state index in [1.807, 2.05) is 0 Å². The number of aliphatic hydroxyl groups is 2. The number of hydrogen-bond acceptors (Lipinski definition) is 12. The zero-order chi connectivity index (χ0) is 27.1. The van der Waals surface area contributed by atoms with Gasteiger partial charge in [0.25, 0.3) is 10.1 Å². The van der Waals surface area contributed by atoms with Crippen LogP contribution in [0.4, 0.5) is 0 Å². The maximum Gasteiger partial charge on any atom is 0.500 e. The van der Waals surface area contributed by atoms with Crippen LogP contribution in [0.2, 0.25) is 6.04 Å². The first kappa shape index (κ1) is 34.2. The number of carbonyl (C=O) groups excluding carboxylic acids is 2.